The summed E-state index contributed by atoms with van der Waals surface area (Å²) in [5.41, 5.74) is 6.94. The van der Waals surface area contributed by atoms with Crippen LogP contribution < -0.4 is 5.73 Å². The van der Waals surface area contributed by atoms with Gasteiger partial charge in [-0.25, -0.2) is 4.39 Å². The minimum absolute atomic E-state index is 0.0824. The molecule has 3 rings (SSSR count). The lowest BCUT2D eigenvalue weighted by molar-refractivity contribution is 0.242. The van der Waals surface area contributed by atoms with Crippen molar-refractivity contribution in [3.63, 3.8) is 0 Å². The molecular formula is C15H22FN3. The molecule has 3 nitrogen and oxygen atoms in total. The molecule has 1 aromatic rings. The fraction of sp³-hybridized carbons (Fsp3) is 0.667. The van der Waals surface area contributed by atoms with E-state index < -0.39 is 0 Å². The fourth-order valence-corrected chi connectivity index (χ4v) is 2.55. The zero-order valence-electron chi connectivity index (χ0n) is 11.3. The van der Waals surface area contributed by atoms with Crippen molar-refractivity contribution in [1.29, 1.82) is 0 Å². The third-order valence-electron chi connectivity index (χ3n) is 4.11. The minimum atomic E-state index is -0.302. The topological polar surface area (TPSA) is 42.1 Å². The van der Waals surface area contributed by atoms with Crippen molar-refractivity contribution in [2.24, 2.45) is 11.7 Å². The molecule has 0 bridgehead atoms. The number of rotatable bonds is 7. The van der Waals surface area contributed by atoms with Crippen LogP contribution in [0, 0.1) is 11.7 Å². The summed E-state index contributed by atoms with van der Waals surface area (Å²) < 4.78 is 12.8. The van der Waals surface area contributed by atoms with Gasteiger partial charge in [-0.15, -0.1) is 0 Å². The number of pyridine rings is 1. The Hall–Kier alpha value is -1.00. The second kappa shape index (κ2) is 5.55. The molecule has 1 heterocycles. The van der Waals surface area contributed by atoms with Crippen LogP contribution in [0.1, 0.15) is 43.8 Å². The lowest BCUT2D eigenvalue weighted by Crippen LogP contribution is -2.31. The molecule has 4 heteroatoms. The lowest BCUT2D eigenvalue weighted by Gasteiger charge is -2.23. The molecule has 1 atom stereocenters. The van der Waals surface area contributed by atoms with Crippen molar-refractivity contribution in [3.8, 4) is 0 Å². The molecule has 2 fully saturated rings. The molecule has 2 aliphatic rings. The zero-order valence-corrected chi connectivity index (χ0v) is 11.3. The largest absolute Gasteiger partial charge is 0.323 e. The van der Waals surface area contributed by atoms with Crippen molar-refractivity contribution < 1.29 is 4.39 Å². The second-order valence-electron chi connectivity index (χ2n) is 5.97. The molecule has 1 unspecified atom stereocenters. The van der Waals surface area contributed by atoms with Crippen molar-refractivity contribution in [2.75, 3.05) is 13.1 Å². The highest BCUT2D eigenvalue weighted by Gasteiger charge is 2.33. The van der Waals surface area contributed by atoms with E-state index in [1.165, 1.54) is 44.5 Å². The molecule has 1 aromatic heterocycles. The van der Waals surface area contributed by atoms with Crippen LogP contribution >= 0.6 is 0 Å². The quantitative estimate of drug-likeness (QED) is 0.822. The summed E-state index contributed by atoms with van der Waals surface area (Å²) in [4.78, 5) is 6.67. The van der Waals surface area contributed by atoms with Gasteiger partial charge in [0.15, 0.2) is 0 Å². The smallest absolute Gasteiger partial charge is 0.141 e. The maximum Gasteiger partial charge on any atom is 0.141 e. The van der Waals surface area contributed by atoms with Crippen LogP contribution in [0.15, 0.2) is 18.3 Å². The van der Waals surface area contributed by atoms with E-state index in [9.17, 15) is 4.39 Å². The van der Waals surface area contributed by atoms with Gasteiger partial charge in [0, 0.05) is 25.2 Å². The highest BCUT2D eigenvalue weighted by Crippen LogP contribution is 2.35. The first-order valence-corrected chi connectivity index (χ1v) is 7.33. The monoisotopic (exact) mass is 263 g/mol. The predicted molar refractivity (Wildman–Crippen MR) is 73.1 cm³/mol. The van der Waals surface area contributed by atoms with E-state index in [0.29, 0.717) is 0 Å². The molecule has 2 saturated carbocycles. The summed E-state index contributed by atoms with van der Waals surface area (Å²) in [6.45, 7) is 2.29. The summed E-state index contributed by atoms with van der Waals surface area (Å²) in [5.74, 6) is 0.630. The van der Waals surface area contributed by atoms with Gasteiger partial charge in [0.2, 0.25) is 0 Å². The lowest BCUT2D eigenvalue weighted by atomic mass is 10.1. The van der Waals surface area contributed by atoms with Gasteiger partial charge in [-0.1, -0.05) is 0 Å². The number of halogens is 1. The molecule has 0 amide bonds. The maximum atomic E-state index is 12.8. The number of nitrogens with two attached hydrogens (primary N) is 1. The van der Waals surface area contributed by atoms with E-state index in [-0.39, 0.29) is 11.9 Å². The van der Waals surface area contributed by atoms with Gasteiger partial charge in [-0.05, 0) is 50.2 Å². The second-order valence-corrected chi connectivity index (χ2v) is 5.97. The molecule has 104 valence electrons. The Bertz CT molecular complexity index is 412. The number of hydrogen-bond donors (Lipinski definition) is 1. The van der Waals surface area contributed by atoms with E-state index in [0.717, 1.165) is 30.6 Å². The molecule has 2 N–H and O–H groups in total. The Labute approximate surface area is 114 Å². The maximum absolute atomic E-state index is 12.8. The van der Waals surface area contributed by atoms with Crippen molar-refractivity contribution in [1.82, 2.24) is 9.88 Å². The van der Waals surface area contributed by atoms with Gasteiger partial charge >= 0.3 is 0 Å². The molecular weight excluding hydrogens is 241 g/mol. The van der Waals surface area contributed by atoms with Gasteiger partial charge < -0.3 is 10.6 Å². The SMILES string of the molecule is NC(CCN(CC1CC1)C1CC1)c1ccc(F)cn1. The third-order valence-corrected chi connectivity index (χ3v) is 4.11. The van der Waals surface area contributed by atoms with Gasteiger partial charge in [-0.2, -0.15) is 0 Å². The first-order valence-electron chi connectivity index (χ1n) is 7.33. The zero-order chi connectivity index (χ0) is 13.2. The Morgan fingerprint density at radius 2 is 2.11 bits per heavy atom. The summed E-state index contributed by atoms with van der Waals surface area (Å²) in [6.07, 6.45) is 7.64. The molecule has 0 spiro atoms. The first-order chi connectivity index (χ1) is 9.22. The average Bonchev–Trinajstić information content (AvgIpc) is 3.27. The minimum Gasteiger partial charge on any atom is -0.323 e. The average molecular weight is 263 g/mol. The van der Waals surface area contributed by atoms with Gasteiger partial charge in [0.1, 0.15) is 5.82 Å². The number of nitrogens with zero attached hydrogens (tertiary/aromatic N) is 2. The first kappa shape index (κ1) is 13.0. The van der Waals surface area contributed by atoms with Gasteiger partial charge in [0.25, 0.3) is 0 Å². The highest BCUT2D eigenvalue weighted by molar-refractivity contribution is 5.09. The van der Waals surface area contributed by atoms with Crippen molar-refractivity contribution >= 4 is 0 Å². The van der Waals surface area contributed by atoms with Crippen LogP contribution in [0.5, 0.6) is 0 Å². The van der Waals surface area contributed by atoms with E-state index in [2.05, 4.69) is 9.88 Å². The van der Waals surface area contributed by atoms with Crippen LogP contribution in [0.25, 0.3) is 0 Å². The predicted octanol–water partition coefficient (Wildman–Crippen LogP) is 2.49. The van der Waals surface area contributed by atoms with Crippen LogP contribution in [-0.2, 0) is 0 Å². The highest BCUT2D eigenvalue weighted by atomic mass is 19.1. The van der Waals surface area contributed by atoms with E-state index in [1.807, 2.05) is 0 Å². The fourth-order valence-electron chi connectivity index (χ4n) is 2.55. The normalized spacial score (nSPS) is 20.8. The molecule has 0 aromatic carbocycles. The summed E-state index contributed by atoms with van der Waals surface area (Å²) in [7, 11) is 0. The summed E-state index contributed by atoms with van der Waals surface area (Å²) in [5, 5.41) is 0. The van der Waals surface area contributed by atoms with Crippen LogP contribution in [0.2, 0.25) is 0 Å². The van der Waals surface area contributed by atoms with Crippen LogP contribution in [0.4, 0.5) is 4.39 Å². The van der Waals surface area contributed by atoms with E-state index in [4.69, 9.17) is 5.73 Å². The Morgan fingerprint density at radius 1 is 1.32 bits per heavy atom. The standard InChI is InChI=1S/C15H22FN3/c16-12-3-6-15(18-9-12)14(17)7-8-19(13-4-5-13)10-11-1-2-11/h3,6,9,11,13-14H,1-2,4-5,7-8,10,17H2. The summed E-state index contributed by atoms with van der Waals surface area (Å²) >= 11 is 0. The third kappa shape index (κ3) is 3.74. The number of hydrogen-bond acceptors (Lipinski definition) is 3. The molecule has 0 saturated heterocycles. The molecule has 2 aliphatic carbocycles. The Morgan fingerprint density at radius 3 is 2.68 bits per heavy atom. The Balaban J connectivity index is 1.50. The Kier molecular flexibility index (Phi) is 3.80. The molecule has 19 heavy (non-hydrogen) atoms. The van der Waals surface area contributed by atoms with Crippen molar-refractivity contribution in [3.05, 3.63) is 29.8 Å². The molecule has 0 aliphatic heterocycles. The van der Waals surface area contributed by atoms with Gasteiger partial charge in [-0.3, -0.25) is 4.98 Å². The van der Waals surface area contributed by atoms with Gasteiger partial charge in [0.05, 0.1) is 11.9 Å². The number of aromatic nitrogens is 1. The summed E-state index contributed by atoms with van der Waals surface area (Å²) in [6, 6.07) is 3.85. The van der Waals surface area contributed by atoms with E-state index in [1.54, 1.807) is 6.07 Å². The molecule has 0 radical (unpaired) electrons. The van der Waals surface area contributed by atoms with E-state index >= 15 is 0 Å². The van der Waals surface area contributed by atoms with Crippen molar-refractivity contribution in [2.45, 2.75) is 44.2 Å². The van der Waals surface area contributed by atoms with Crippen LogP contribution in [0.3, 0.4) is 0 Å². The van der Waals surface area contributed by atoms with Crippen LogP contribution in [-0.4, -0.2) is 29.0 Å².